The van der Waals surface area contributed by atoms with Crippen LogP contribution < -0.4 is 10.1 Å². The Morgan fingerprint density at radius 3 is 2.08 bits per heavy atom. The predicted octanol–water partition coefficient (Wildman–Crippen LogP) is 3.18. The minimum Gasteiger partial charge on any atom is -0.497 e. The van der Waals surface area contributed by atoms with Crippen LogP contribution in [0.1, 0.15) is 33.6 Å². The molecule has 0 aromatic heterocycles. The number of ether oxygens (including phenoxy) is 1. The van der Waals surface area contributed by atoms with Gasteiger partial charge in [0.2, 0.25) is 0 Å². The van der Waals surface area contributed by atoms with Crippen LogP contribution in [0.4, 0.5) is 5.69 Å². The summed E-state index contributed by atoms with van der Waals surface area (Å²) >= 11 is 0. The summed E-state index contributed by atoms with van der Waals surface area (Å²) in [5.74, 6) is 0.563. The summed E-state index contributed by atoms with van der Waals surface area (Å²) < 4.78 is 5.08. The maximum absolute atomic E-state index is 12.3. The van der Waals surface area contributed by atoms with E-state index in [-0.39, 0.29) is 11.8 Å². The van der Waals surface area contributed by atoms with E-state index < -0.39 is 0 Å². The lowest BCUT2D eigenvalue weighted by molar-refractivity contribution is 0.0792. The van der Waals surface area contributed by atoms with Gasteiger partial charge in [0, 0.05) is 29.9 Å². The van der Waals surface area contributed by atoms with Crippen molar-refractivity contribution in [2.45, 2.75) is 12.8 Å². The smallest absolute Gasteiger partial charge is 0.255 e. The van der Waals surface area contributed by atoms with E-state index in [2.05, 4.69) is 5.32 Å². The molecule has 24 heavy (non-hydrogen) atoms. The van der Waals surface area contributed by atoms with Crippen LogP contribution >= 0.6 is 0 Å². The topological polar surface area (TPSA) is 58.6 Å². The van der Waals surface area contributed by atoms with Crippen molar-refractivity contribution in [1.82, 2.24) is 4.90 Å². The van der Waals surface area contributed by atoms with Crippen LogP contribution in [0.2, 0.25) is 0 Å². The van der Waals surface area contributed by atoms with E-state index in [9.17, 15) is 9.59 Å². The number of hydrogen-bond donors (Lipinski definition) is 1. The summed E-state index contributed by atoms with van der Waals surface area (Å²) in [6, 6.07) is 13.9. The Morgan fingerprint density at radius 1 is 0.917 bits per heavy atom. The third-order valence-corrected chi connectivity index (χ3v) is 4.14. The molecule has 1 fully saturated rings. The Labute approximate surface area is 141 Å². The predicted molar refractivity (Wildman–Crippen MR) is 92.5 cm³/mol. The number of rotatable bonds is 4. The van der Waals surface area contributed by atoms with Gasteiger partial charge in [-0.3, -0.25) is 9.59 Å². The largest absolute Gasteiger partial charge is 0.497 e. The summed E-state index contributed by atoms with van der Waals surface area (Å²) in [4.78, 5) is 26.4. The molecule has 0 atom stereocenters. The average Bonchev–Trinajstić information content (AvgIpc) is 3.16. The fourth-order valence-electron chi connectivity index (χ4n) is 2.74. The molecule has 0 spiro atoms. The fraction of sp³-hybridized carbons (Fsp3) is 0.263. The van der Waals surface area contributed by atoms with Crippen LogP contribution in [0.25, 0.3) is 0 Å². The Bertz CT molecular complexity index is 717. The molecule has 1 N–H and O–H groups in total. The second kappa shape index (κ2) is 7.17. The summed E-state index contributed by atoms with van der Waals surface area (Å²) in [7, 11) is 1.58. The quantitative estimate of drug-likeness (QED) is 0.939. The van der Waals surface area contributed by atoms with E-state index >= 15 is 0 Å². The molecule has 2 aromatic carbocycles. The van der Waals surface area contributed by atoms with Crippen molar-refractivity contribution in [2.24, 2.45) is 0 Å². The van der Waals surface area contributed by atoms with Crippen molar-refractivity contribution in [3.05, 3.63) is 59.7 Å². The van der Waals surface area contributed by atoms with Gasteiger partial charge in [-0.1, -0.05) is 0 Å². The van der Waals surface area contributed by atoms with Gasteiger partial charge in [0.05, 0.1) is 7.11 Å². The molecule has 1 aliphatic rings. The van der Waals surface area contributed by atoms with Gasteiger partial charge in [-0.2, -0.15) is 0 Å². The lowest BCUT2D eigenvalue weighted by atomic mass is 10.1. The van der Waals surface area contributed by atoms with Crippen molar-refractivity contribution < 1.29 is 14.3 Å². The van der Waals surface area contributed by atoms with Gasteiger partial charge in [0.1, 0.15) is 5.75 Å². The first-order valence-corrected chi connectivity index (χ1v) is 8.02. The van der Waals surface area contributed by atoms with E-state index in [1.54, 1.807) is 55.6 Å². The molecular formula is C19H20N2O3. The highest BCUT2D eigenvalue weighted by Crippen LogP contribution is 2.17. The zero-order chi connectivity index (χ0) is 16.9. The van der Waals surface area contributed by atoms with Gasteiger partial charge in [0.15, 0.2) is 0 Å². The zero-order valence-electron chi connectivity index (χ0n) is 13.6. The maximum Gasteiger partial charge on any atom is 0.255 e. The first kappa shape index (κ1) is 16.1. The number of benzene rings is 2. The van der Waals surface area contributed by atoms with Gasteiger partial charge >= 0.3 is 0 Å². The van der Waals surface area contributed by atoms with Gasteiger partial charge in [-0.15, -0.1) is 0 Å². The molecule has 3 rings (SSSR count). The normalized spacial score (nSPS) is 13.6. The molecule has 5 nitrogen and oxygen atoms in total. The van der Waals surface area contributed by atoms with E-state index in [0.29, 0.717) is 22.6 Å². The second-order valence-corrected chi connectivity index (χ2v) is 5.76. The van der Waals surface area contributed by atoms with E-state index in [4.69, 9.17) is 4.74 Å². The maximum atomic E-state index is 12.3. The molecular weight excluding hydrogens is 304 g/mol. The lowest BCUT2D eigenvalue weighted by Crippen LogP contribution is -2.27. The SMILES string of the molecule is COc1ccc(C(=O)Nc2ccc(C(=O)N3CCCC3)cc2)cc1. The van der Waals surface area contributed by atoms with Gasteiger partial charge < -0.3 is 15.0 Å². The summed E-state index contributed by atoms with van der Waals surface area (Å²) in [6.07, 6.45) is 2.14. The molecule has 0 bridgehead atoms. The number of hydrogen-bond acceptors (Lipinski definition) is 3. The van der Waals surface area contributed by atoms with Crippen LogP contribution in [-0.2, 0) is 0 Å². The Balaban J connectivity index is 1.64. The highest BCUT2D eigenvalue weighted by Gasteiger charge is 2.19. The molecule has 0 unspecified atom stereocenters. The van der Waals surface area contributed by atoms with Crippen LogP contribution in [0.3, 0.4) is 0 Å². The number of carbonyl (C=O) groups is 2. The molecule has 0 radical (unpaired) electrons. The molecule has 1 aliphatic heterocycles. The number of anilines is 1. The number of nitrogens with one attached hydrogen (secondary N) is 1. The minimum atomic E-state index is -0.198. The number of likely N-dealkylation sites (tertiary alicyclic amines) is 1. The first-order valence-electron chi connectivity index (χ1n) is 8.02. The van der Waals surface area contributed by atoms with Crippen molar-refractivity contribution in [3.8, 4) is 5.75 Å². The third-order valence-electron chi connectivity index (χ3n) is 4.14. The van der Waals surface area contributed by atoms with Crippen molar-refractivity contribution in [2.75, 3.05) is 25.5 Å². The number of methoxy groups -OCH3 is 1. The number of carbonyl (C=O) groups excluding carboxylic acids is 2. The van der Waals surface area contributed by atoms with Gasteiger partial charge in [-0.05, 0) is 61.4 Å². The van der Waals surface area contributed by atoms with Crippen LogP contribution in [-0.4, -0.2) is 36.9 Å². The molecule has 5 heteroatoms. The van der Waals surface area contributed by atoms with Crippen LogP contribution in [0.5, 0.6) is 5.75 Å². The van der Waals surface area contributed by atoms with E-state index in [0.717, 1.165) is 25.9 Å². The molecule has 0 saturated carbocycles. The summed E-state index contributed by atoms with van der Waals surface area (Å²) in [6.45, 7) is 1.66. The Hall–Kier alpha value is -2.82. The molecule has 1 saturated heterocycles. The monoisotopic (exact) mass is 324 g/mol. The standard InChI is InChI=1S/C19H20N2O3/c1-24-17-10-6-14(7-11-17)18(22)20-16-8-4-15(5-9-16)19(23)21-12-2-3-13-21/h4-11H,2-3,12-13H2,1H3,(H,20,22). The van der Waals surface area contributed by atoms with Crippen LogP contribution in [0, 0.1) is 0 Å². The van der Waals surface area contributed by atoms with Crippen molar-refractivity contribution in [1.29, 1.82) is 0 Å². The van der Waals surface area contributed by atoms with Gasteiger partial charge in [-0.25, -0.2) is 0 Å². The highest BCUT2D eigenvalue weighted by molar-refractivity contribution is 6.04. The molecule has 124 valence electrons. The number of nitrogens with zero attached hydrogens (tertiary/aromatic N) is 1. The summed E-state index contributed by atoms with van der Waals surface area (Å²) in [5.41, 5.74) is 1.86. The zero-order valence-corrected chi connectivity index (χ0v) is 13.6. The third kappa shape index (κ3) is 3.56. The number of amides is 2. The fourth-order valence-corrected chi connectivity index (χ4v) is 2.74. The average molecular weight is 324 g/mol. The van der Waals surface area contributed by atoms with Crippen molar-refractivity contribution in [3.63, 3.8) is 0 Å². The first-order chi connectivity index (χ1) is 11.7. The Morgan fingerprint density at radius 2 is 1.50 bits per heavy atom. The Kier molecular flexibility index (Phi) is 4.79. The second-order valence-electron chi connectivity index (χ2n) is 5.76. The van der Waals surface area contributed by atoms with Gasteiger partial charge in [0.25, 0.3) is 11.8 Å². The van der Waals surface area contributed by atoms with E-state index in [1.807, 2.05) is 4.90 Å². The van der Waals surface area contributed by atoms with E-state index in [1.165, 1.54) is 0 Å². The van der Waals surface area contributed by atoms with Crippen molar-refractivity contribution >= 4 is 17.5 Å². The van der Waals surface area contributed by atoms with Crippen LogP contribution in [0.15, 0.2) is 48.5 Å². The molecule has 0 aliphatic carbocycles. The molecule has 2 amide bonds. The molecule has 2 aromatic rings. The summed E-state index contributed by atoms with van der Waals surface area (Å²) in [5, 5.41) is 2.83. The lowest BCUT2D eigenvalue weighted by Gasteiger charge is -2.15. The molecule has 1 heterocycles. The minimum absolute atomic E-state index is 0.0560. The highest BCUT2D eigenvalue weighted by atomic mass is 16.5.